The third kappa shape index (κ3) is 4.12. The summed E-state index contributed by atoms with van der Waals surface area (Å²) in [5.41, 5.74) is 0.965. The van der Waals surface area contributed by atoms with Crippen molar-refractivity contribution in [2.24, 2.45) is 0 Å². The molecule has 1 atom stereocenters. The van der Waals surface area contributed by atoms with Crippen LogP contribution in [0.1, 0.15) is 28.0 Å². The van der Waals surface area contributed by atoms with Crippen molar-refractivity contribution < 1.29 is 27.4 Å². The highest BCUT2D eigenvalue weighted by Gasteiger charge is 2.42. The molecule has 1 aliphatic heterocycles. The lowest BCUT2D eigenvalue weighted by Gasteiger charge is -2.39. The molecule has 1 unspecified atom stereocenters. The molecule has 2 aromatic carbocycles. The van der Waals surface area contributed by atoms with E-state index in [2.05, 4.69) is 20.0 Å². The zero-order valence-electron chi connectivity index (χ0n) is 17.7. The fraction of sp³-hybridized carbons (Fsp3) is 0.160. The average Bonchev–Trinajstić information content (AvgIpc) is 2.83. The van der Waals surface area contributed by atoms with E-state index in [1.54, 1.807) is 36.7 Å². The molecular formula is C25H18F3N3O3. The molecule has 0 saturated carbocycles. The monoisotopic (exact) mass is 465 g/mol. The van der Waals surface area contributed by atoms with Crippen LogP contribution in [0.5, 0.6) is 11.5 Å². The molecule has 0 radical (unpaired) electrons. The van der Waals surface area contributed by atoms with Crippen LogP contribution >= 0.6 is 0 Å². The molecule has 172 valence electrons. The van der Waals surface area contributed by atoms with E-state index in [0.29, 0.717) is 34.5 Å². The molecule has 5 rings (SSSR count). The number of carbonyl (C=O) groups excluding carboxylic acids is 1. The summed E-state index contributed by atoms with van der Waals surface area (Å²) in [6, 6.07) is 17.8. The summed E-state index contributed by atoms with van der Waals surface area (Å²) in [5, 5.41) is 3.98. The Balaban J connectivity index is 1.56. The fourth-order valence-corrected chi connectivity index (χ4v) is 4.15. The number of nitrogens with one attached hydrogen (secondary N) is 1. The third-order valence-electron chi connectivity index (χ3n) is 5.69. The van der Waals surface area contributed by atoms with Gasteiger partial charge in [0.2, 0.25) is 0 Å². The van der Waals surface area contributed by atoms with Crippen LogP contribution in [0, 0.1) is 0 Å². The first kappa shape index (κ1) is 21.7. The fourth-order valence-electron chi connectivity index (χ4n) is 4.15. The number of benzene rings is 2. The molecule has 6 nitrogen and oxygen atoms in total. The van der Waals surface area contributed by atoms with Gasteiger partial charge < -0.3 is 14.8 Å². The topological polar surface area (TPSA) is 73.3 Å². The number of hydrogen-bond acceptors (Lipinski definition) is 5. The van der Waals surface area contributed by atoms with Gasteiger partial charge in [0.25, 0.3) is 5.91 Å². The van der Waals surface area contributed by atoms with E-state index in [4.69, 9.17) is 4.74 Å². The zero-order chi connectivity index (χ0) is 23.8. The summed E-state index contributed by atoms with van der Waals surface area (Å²) in [6.07, 6.45) is -1.25. The second-order valence-electron chi connectivity index (χ2n) is 7.79. The van der Waals surface area contributed by atoms with E-state index in [1.165, 1.54) is 24.3 Å². The summed E-state index contributed by atoms with van der Waals surface area (Å²) < 4.78 is 47.6. The maximum Gasteiger partial charge on any atom is 0.573 e. The van der Waals surface area contributed by atoms with Gasteiger partial charge in [0.1, 0.15) is 22.7 Å². The van der Waals surface area contributed by atoms with E-state index in [1.807, 2.05) is 18.2 Å². The summed E-state index contributed by atoms with van der Waals surface area (Å²) >= 11 is 0. The Bertz CT molecular complexity index is 1360. The molecule has 0 spiro atoms. The van der Waals surface area contributed by atoms with Gasteiger partial charge in [-0.2, -0.15) is 0 Å². The number of pyridine rings is 2. The Morgan fingerprint density at radius 1 is 1.00 bits per heavy atom. The van der Waals surface area contributed by atoms with Crippen LogP contribution < -0.4 is 14.8 Å². The predicted molar refractivity (Wildman–Crippen MR) is 117 cm³/mol. The highest BCUT2D eigenvalue weighted by Crippen LogP contribution is 2.41. The van der Waals surface area contributed by atoms with Gasteiger partial charge in [-0.25, -0.2) is 0 Å². The van der Waals surface area contributed by atoms with Crippen molar-refractivity contribution in [3.63, 3.8) is 0 Å². The number of carbonyl (C=O) groups is 1. The van der Waals surface area contributed by atoms with Gasteiger partial charge in [0.05, 0.1) is 12.1 Å². The van der Waals surface area contributed by atoms with E-state index >= 15 is 0 Å². The summed E-state index contributed by atoms with van der Waals surface area (Å²) in [6.45, 7) is 0.277. The molecule has 0 saturated heterocycles. The lowest BCUT2D eigenvalue weighted by atomic mass is 9.81. The smallest absolute Gasteiger partial charge is 0.491 e. The van der Waals surface area contributed by atoms with Crippen LogP contribution in [0.25, 0.3) is 10.9 Å². The van der Waals surface area contributed by atoms with Crippen LogP contribution in [0.2, 0.25) is 0 Å². The Hall–Kier alpha value is -4.14. The first-order chi connectivity index (χ1) is 16.3. The molecule has 1 aliphatic rings. The maximum atomic E-state index is 13.4. The van der Waals surface area contributed by atoms with Gasteiger partial charge in [-0.1, -0.05) is 24.3 Å². The van der Waals surface area contributed by atoms with Crippen molar-refractivity contribution in [2.45, 2.75) is 18.3 Å². The molecule has 4 aromatic rings. The Morgan fingerprint density at radius 3 is 2.56 bits per heavy atom. The first-order valence-electron chi connectivity index (χ1n) is 10.5. The third-order valence-corrected chi connectivity index (χ3v) is 5.69. The van der Waals surface area contributed by atoms with Crippen molar-refractivity contribution in [1.29, 1.82) is 0 Å². The minimum atomic E-state index is -4.80. The van der Waals surface area contributed by atoms with Crippen LogP contribution in [0.4, 0.5) is 13.2 Å². The van der Waals surface area contributed by atoms with Gasteiger partial charge in [-0.3, -0.25) is 14.8 Å². The molecule has 0 aliphatic carbocycles. The molecule has 0 fully saturated rings. The summed E-state index contributed by atoms with van der Waals surface area (Å²) in [5.74, 6) is -0.238. The number of halogens is 3. The number of nitrogens with zero attached hydrogens (tertiary/aromatic N) is 2. The number of aromatic nitrogens is 2. The number of rotatable bonds is 4. The molecular weight excluding hydrogens is 447 g/mol. The second-order valence-corrected chi connectivity index (χ2v) is 7.79. The lowest BCUT2D eigenvalue weighted by Crippen LogP contribution is -2.50. The minimum absolute atomic E-state index is 0.277. The van der Waals surface area contributed by atoms with Gasteiger partial charge in [0, 0.05) is 29.8 Å². The number of amides is 1. The van der Waals surface area contributed by atoms with E-state index < -0.39 is 11.9 Å². The molecule has 1 N–H and O–H groups in total. The van der Waals surface area contributed by atoms with E-state index in [0.717, 1.165) is 5.39 Å². The van der Waals surface area contributed by atoms with Crippen molar-refractivity contribution in [2.75, 3.05) is 6.61 Å². The van der Waals surface area contributed by atoms with Gasteiger partial charge in [-0.15, -0.1) is 13.2 Å². The lowest BCUT2D eigenvalue weighted by molar-refractivity contribution is -0.274. The highest BCUT2D eigenvalue weighted by molar-refractivity contribution is 5.98. The maximum absolute atomic E-state index is 13.4. The summed E-state index contributed by atoms with van der Waals surface area (Å²) in [7, 11) is 0. The Morgan fingerprint density at radius 2 is 1.76 bits per heavy atom. The van der Waals surface area contributed by atoms with E-state index in [9.17, 15) is 18.0 Å². The molecule has 1 amide bonds. The van der Waals surface area contributed by atoms with Crippen molar-refractivity contribution in [3.8, 4) is 11.5 Å². The number of ether oxygens (including phenoxy) is 2. The van der Waals surface area contributed by atoms with Crippen LogP contribution in [-0.2, 0) is 5.54 Å². The SMILES string of the molecule is O=C(NC1(c2ccc(OC(F)(F)F)cc2)CCOc2cccnc21)c1ccc2cccnc2c1. The van der Waals surface area contributed by atoms with Crippen molar-refractivity contribution in [3.05, 3.63) is 95.9 Å². The average molecular weight is 465 g/mol. The van der Waals surface area contributed by atoms with Gasteiger partial charge in [0.15, 0.2) is 0 Å². The normalized spacial score (nSPS) is 17.5. The summed E-state index contributed by atoms with van der Waals surface area (Å²) in [4.78, 5) is 22.2. The number of alkyl halides is 3. The van der Waals surface area contributed by atoms with Crippen LogP contribution in [-0.4, -0.2) is 28.8 Å². The highest BCUT2D eigenvalue weighted by atomic mass is 19.4. The van der Waals surface area contributed by atoms with Crippen molar-refractivity contribution in [1.82, 2.24) is 15.3 Å². The van der Waals surface area contributed by atoms with E-state index in [-0.39, 0.29) is 18.3 Å². The Labute approximate surface area is 192 Å². The van der Waals surface area contributed by atoms with Gasteiger partial charge >= 0.3 is 6.36 Å². The molecule has 0 bridgehead atoms. The van der Waals surface area contributed by atoms with Crippen LogP contribution in [0.15, 0.2) is 79.1 Å². The number of fused-ring (bicyclic) bond motifs is 2. The molecule has 9 heteroatoms. The zero-order valence-corrected chi connectivity index (χ0v) is 17.7. The second kappa shape index (κ2) is 8.33. The number of hydrogen-bond donors (Lipinski definition) is 1. The first-order valence-corrected chi connectivity index (χ1v) is 10.5. The minimum Gasteiger partial charge on any atom is -0.491 e. The Kier molecular flexibility index (Phi) is 5.31. The standard InChI is InChI=1S/C25H18F3N3O3/c26-25(27,28)34-19-9-7-18(8-10-19)24(11-14-33-21-4-2-13-30-22(21)24)31-23(32)17-6-5-16-3-1-12-29-20(16)15-17/h1-10,12-13,15H,11,14H2,(H,31,32). The van der Waals surface area contributed by atoms with Crippen LogP contribution in [0.3, 0.4) is 0 Å². The van der Waals surface area contributed by atoms with Gasteiger partial charge in [-0.05, 0) is 48.0 Å². The quantitative estimate of drug-likeness (QED) is 0.460. The molecule has 34 heavy (non-hydrogen) atoms. The molecule has 2 aromatic heterocycles. The predicted octanol–water partition coefficient (Wildman–Crippen LogP) is 4.98. The molecule has 3 heterocycles. The van der Waals surface area contributed by atoms with Crippen molar-refractivity contribution >= 4 is 16.8 Å². The largest absolute Gasteiger partial charge is 0.573 e.